The van der Waals surface area contributed by atoms with Gasteiger partial charge in [-0.2, -0.15) is 11.3 Å². The molecule has 0 saturated carbocycles. The highest BCUT2D eigenvalue weighted by atomic mass is 32.1. The second kappa shape index (κ2) is 6.42. The van der Waals surface area contributed by atoms with E-state index in [4.69, 9.17) is 5.11 Å². The molecule has 1 aromatic heterocycles. The number of hydrogen-bond donors (Lipinski definition) is 2. The number of rotatable bonds is 6. The van der Waals surface area contributed by atoms with Crippen molar-refractivity contribution < 1.29 is 5.11 Å². The molecule has 1 aromatic carbocycles. The Morgan fingerprint density at radius 2 is 2.12 bits per heavy atom. The number of benzene rings is 1. The molecule has 0 amide bonds. The van der Waals surface area contributed by atoms with Crippen LogP contribution in [0.3, 0.4) is 0 Å². The van der Waals surface area contributed by atoms with Crippen LogP contribution in [0.2, 0.25) is 0 Å². The van der Waals surface area contributed by atoms with Crippen molar-refractivity contribution in [3.63, 3.8) is 0 Å². The average Bonchev–Trinajstić information content (AvgIpc) is 2.87. The Morgan fingerprint density at radius 1 is 1.18 bits per heavy atom. The van der Waals surface area contributed by atoms with Gasteiger partial charge in [0.2, 0.25) is 0 Å². The lowest BCUT2D eigenvalue weighted by Gasteiger charge is -2.07. The van der Waals surface area contributed by atoms with Crippen LogP contribution in [0.1, 0.15) is 17.5 Å². The summed E-state index contributed by atoms with van der Waals surface area (Å²) in [6.45, 7) is 1.12. The van der Waals surface area contributed by atoms with E-state index in [-0.39, 0.29) is 6.61 Å². The fraction of sp³-hybridized carbons (Fsp3) is 0.286. The zero-order valence-electron chi connectivity index (χ0n) is 9.73. The number of thiophene rings is 1. The summed E-state index contributed by atoms with van der Waals surface area (Å²) in [7, 11) is 0. The first-order valence-corrected chi connectivity index (χ1v) is 6.77. The van der Waals surface area contributed by atoms with Crippen LogP contribution in [0, 0.1) is 0 Å². The van der Waals surface area contributed by atoms with Gasteiger partial charge in [-0.3, -0.25) is 0 Å². The van der Waals surface area contributed by atoms with E-state index < -0.39 is 0 Å². The number of aliphatic hydroxyl groups excluding tert-OH is 1. The summed E-state index contributed by atoms with van der Waals surface area (Å²) in [4.78, 5) is 0. The molecule has 2 aromatic rings. The van der Waals surface area contributed by atoms with Gasteiger partial charge in [-0.05, 0) is 52.9 Å². The molecule has 1 heterocycles. The minimum atomic E-state index is 0.257. The third kappa shape index (κ3) is 3.88. The number of anilines is 1. The van der Waals surface area contributed by atoms with Gasteiger partial charge in [0.1, 0.15) is 0 Å². The molecule has 0 radical (unpaired) electrons. The SMILES string of the molecule is OCCCc1cccc(NCc2ccsc2)c1. The van der Waals surface area contributed by atoms with Gasteiger partial charge >= 0.3 is 0 Å². The number of nitrogens with one attached hydrogen (secondary N) is 1. The maximum Gasteiger partial charge on any atom is 0.0434 e. The predicted molar refractivity (Wildman–Crippen MR) is 73.5 cm³/mol. The summed E-state index contributed by atoms with van der Waals surface area (Å²) >= 11 is 1.72. The average molecular weight is 247 g/mol. The van der Waals surface area contributed by atoms with E-state index in [2.05, 4.69) is 46.4 Å². The quantitative estimate of drug-likeness (QED) is 0.821. The van der Waals surface area contributed by atoms with E-state index in [0.717, 1.165) is 25.1 Å². The molecule has 0 fully saturated rings. The van der Waals surface area contributed by atoms with Crippen molar-refractivity contribution in [3.05, 3.63) is 52.2 Å². The molecule has 2 N–H and O–H groups in total. The van der Waals surface area contributed by atoms with Crippen molar-refractivity contribution in [2.75, 3.05) is 11.9 Å². The van der Waals surface area contributed by atoms with Gasteiger partial charge in [-0.25, -0.2) is 0 Å². The molecule has 0 aliphatic rings. The summed E-state index contributed by atoms with van der Waals surface area (Å²) < 4.78 is 0. The predicted octanol–water partition coefficient (Wildman–Crippen LogP) is 3.29. The highest BCUT2D eigenvalue weighted by molar-refractivity contribution is 7.07. The summed E-state index contributed by atoms with van der Waals surface area (Å²) in [6.07, 6.45) is 1.76. The first kappa shape index (κ1) is 12.1. The van der Waals surface area contributed by atoms with E-state index in [0.29, 0.717) is 0 Å². The number of hydrogen-bond acceptors (Lipinski definition) is 3. The van der Waals surface area contributed by atoms with Gasteiger partial charge in [0.15, 0.2) is 0 Å². The fourth-order valence-electron chi connectivity index (χ4n) is 1.72. The topological polar surface area (TPSA) is 32.3 Å². The van der Waals surface area contributed by atoms with Crippen molar-refractivity contribution >= 4 is 17.0 Å². The van der Waals surface area contributed by atoms with Crippen LogP contribution in [0.5, 0.6) is 0 Å². The van der Waals surface area contributed by atoms with E-state index in [1.54, 1.807) is 11.3 Å². The Hall–Kier alpha value is -1.32. The first-order chi connectivity index (χ1) is 8.38. The largest absolute Gasteiger partial charge is 0.396 e. The van der Waals surface area contributed by atoms with Crippen molar-refractivity contribution in [1.29, 1.82) is 0 Å². The van der Waals surface area contributed by atoms with Gasteiger partial charge in [0, 0.05) is 18.8 Å². The molecule has 0 aliphatic heterocycles. The molecule has 17 heavy (non-hydrogen) atoms. The van der Waals surface area contributed by atoms with Gasteiger partial charge < -0.3 is 10.4 Å². The summed E-state index contributed by atoms with van der Waals surface area (Å²) in [6, 6.07) is 10.5. The lowest BCUT2D eigenvalue weighted by atomic mass is 10.1. The molecule has 0 atom stereocenters. The second-order valence-corrected chi connectivity index (χ2v) is 4.79. The molecule has 0 unspecified atom stereocenters. The molecule has 90 valence electrons. The van der Waals surface area contributed by atoms with Crippen LogP contribution in [0.4, 0.5) is 5.69 Å². The van der Waals surface area contributed by atoms with Crippen LogP contribution < -0.4 is 5.32 Å². The number of aliphatic hydroxyl groups is 1. The molecule has 2 nitrogen and oxygen atoms in total. The van der Waals surface area contributed by atoms with Crippen LogP contribution in [-0.2, 0) is 13.0 Å². The van der Waals surface area contributed by atoms with Gasteiger partial charge in [0.25, 0.3) is 0 Å². The smallest absolute Gasteiger partial charge is 0.0434 e. The Kier molecular flexibility index (Phi) is 4.59. The van der Waals surface area contributed by atoms with E-state index in [9.17, 15) is 0 Å². The monoisotopic (exact) mass is 247 g/mol. The molecule has 0 spiro atoms. The third-order valence-electron chi connectivity index (χ3n) is 2.63. The van der Waals surface area contributed by atoms with Crippen molar-refractivity contribution in [2.24, 2.45) is 0 Å². The lowest BCUT2D eigenvalue weighted by molar-refractivity contribution is 0.288. The van der Waals surface area contributed by atoms with Gasteiger partial charge in [0.05, 0.1) is 0 Å². The van der Waals surface area contributed by atoms with Crippen molar-refractivity contribution in [2.45, 2.75) is 19.4 Å². The van der Waals surface area contributed by atoms with Crippen LogP contribution in [0.15, 0.2) is 41.1 Å². The fourth-order valence-corrected chi connectivity index (χ4v) is 2.39. The Labute approximate surface area is 106 Å². The van der Waals surface area contributed by atoms with Crippen LogP contribution in [-0.4, -0.2) is 11.7 Å². The molecule has 0 bridgehead atoms. The van der Waals surface area contributed by atoms with E-state index in [1.807, 2.05) is 0 Å². The van der Waals surface area contributed by atoms with Crippen LogP contribution in [0.25, 0.3) is 0 Å². The van der Waals surface area contributed by atoms with E-state index in [1.165, 1.54) is 11.1 Å². The maximum absolute atomic E-state index is 8.81. The maximum atomic E-state index is 8.81. The molecule has 0 saturated heterocycles. The minimum Gasteiger partial charge on any atom is -0.396 e. The molecular formula is C14H17NOS. The molecular weight excluding hydrogens is 230 g/mol. The van der Waals surface area contributed by atoms with Crippen molar-refractivity contribution in [3.8, 4) is 0 Å². The molecule has 3 heteroatoms. The van der Waals surface area contributed by atoms with Crippen LogP contribution >= 0.6 is 11.3 Å². The van der Waals surface area contributed by atoms with Gasteiger partial charge in [-0.15, -0.1) is 0 Å². The highest BCUT2D eigenvalue weighted by Gasteiger charge is 1.97. The Morgan fingerprint density at radius 3 is 2.88 bits per heavy atom. The molecule has 0 aliphatic carbocycles. The Balaban J connectivity index is 1.91. The number of aryl methyl sites for hydroxylation is 1. The highest BCUT2D eigenvalue weighted by Crippen LogP contribution is 2.14. The third-order valence-corrected chi connectivity index (χ3v) is 3.36. The second-order valence-electron chi connectivity index (χ2n) is 4.01. The van der Waals surface area contributed by atoms with Gasteiger partial charge in [-0.1, -0.05) is 12.1 Å². The van der Waals surface area contributed by atoms with Crippen molar-refractivity contribution in [1.82, 2.24) is 0 Å². The molecule has 2 rings (SSSR count). The zero-order chi connectivity index (χ0) is 11.9. The summed E-state index contributed by atoms with van der Waals surface area (Å²) in [5.41, 5.74) is 3.73. The normalized spacial score (nSPS) is 10.4. The summed E-state index contributed by atoms with van der Waals surface area (Å²) in [5, 5.41) is 16.5. The first-order valence-electron chi connectivity index (χ1n) is 5.83. The Bertz CT molecular complexity index is 439. The minimum absolute atomic E-state index is 0.257. The zero-order valence-corrected chi connectivity index (χ0v) is 10.5. The van der Waals surface area contributed by atoms with E-state index >= 15 is 0 Å². The standard InChI is InChI=1S/C14H17NOS/c16-7-2-4-12-3-1-5-14(9-12)15-10-13-6-8-17-11-13/h1,3,5-6,8-9,11,15-16H,2,4,7,10H2. The lowest BCUT2D eigenvalue weighted by Crippen LogP contribution is -1.99. The summed E-state index contributed by atoms with van der Waals surface area (Å²) in [5.74, 6) is 0.